The second-order valence-electron chi connectivity index (χ2n) is 3.30. The number of aryl methyl sites for hydroxylation is 1. The first kappa shape index (κ1) is 11.6. The van der Waals surface area contributed by atoms with Crippen LogP contribution in [0.5, 0.6) is 0 Å². The van der Waals surface area contributed by atoms with Crippen LogP contribution in [0.15, 0.2) is 24.3 Å². The van der Waals surface area contributed by atoms with E-state index in [0.29, 0.717) is 0 Å². The van der Waals surface area contributed by atoms with Crippen LogP contribution in [0.2, 0.25) is 0 Å². The Labute approximate surface area is 97.2 Å². The maximum absolute atomic E-state index is 3.34. The molecule has 0 aliphatic carbocycles. The topological polar surface area (TPSA) is 0 Å². The molecule has 1 heteroatoms. The fourth-order valence-corrected chi connectivity index (χ4v) is 2.63. The number of benzene rings is 1. The molecule has 0 heterocycles. The summed E-state index contributed by atoms with van der Waals surface area (Å²) in [6.07, 6.45) is 3.57. The van der Waals surface area contributed by atoms with Crippen molar-refractivity contribution in [1.82, 2.24) is 0 Å². The van der Waals surface area contributed by atoms with Crippen LogP contribution in [0.25, 0.3) is 0 Å². The molecule has 1 aromatic rings. The van der Waals surface area contributed by atoms with E-state index in [9.17, 15) is 0 Å². The molecule has 0 bridgehead atoms. The van der Waals surface area contributed by atoms with Crippen molar-refractivity contribution < 1.29 is 0 Å². The van der Waals surface area contributed by atoms with Crippen LogP contribution >= 0.6 is 0 Å². The van der Waals surface area contributed by atoms with E-state index >= 15 is 0 Å². The maximum atomic E-state index is 3.34. The second kappa shape index (κ2) is 6.94. The third-order valence-corrected chi connectivity index (χ3v) is 4.07. The molecule has 0 atom stereocenters. The first-order valence-corrected chi connectivity index (χ1v) is 7.37. The van der Waals surface area contributed by atoms with Crippen molar-refractivity contribution >= 4 is 24.5 Å². The van der Waals surface area contributed by atoms with Gasteiger partial charge in [0.2, 0.25) is 0 Å². The summed E-state index contributed by atoms with van der Waals surface area (Å²) in [4.78, 5) is 0. The fourth-order valence-electron chi connectivity index (χ4n) is 1.02. The predicted octanol–water partition coefficient (Wildman–Crippen LogP) is 2.48. The van der Waals surface area contributed by atoms with Gasteiger partial charge in [-0.05, 0) is 0 Å². The van der Waals surface area contributed by atoms with Crippen LogP contribution in [-0.4, -0.2) is 20.9 Å². The molecule has 0 fully saturated rings. The molecule has 74 valence electrons. The quantitative estimate of drug-likeness (QED) is 0.457. The normalized spacial score (nSPS) is 9.29. The summed E-state index contributed by atoms with van der Waals surface area (Å²) in [7, 11) is 0. The van der Waals surface area contributed by atoms with Crippen molar-refractivity contribution in [3.8, 4) is 9.89 Å². The van der Waals surface area contributed by atoms with E-state index in [1.54, 1.807) is 0 Å². The van der Waals surface area contributed by atoms with Crippen molar-refractivity contribution in [1.29, 1.82) is 0 Å². The molecule has 0 amide bonds. The van der Waals surface area contributed by atoms with E-state index in [1.165, 1.54) is 22.0 Å². The zero-order valence-corrected chi connectivity index (χ0v) is 11.2. The summed E-state index contributed by atoms with van der Waals surface area (Å²) in [5.74, 6) is 3.26. The van der Waals surface area contributed by atoms with E-state index in [-0.39, 0.29) is 20.9 Å². The van der Waals surface area contributed by atoms with E-state index in [1.807, 2.05) is 0 Å². The molecule has 0 spiro atoms. The van der Waals surface area contributed by atoms with Crippen LogP contribution in [0.3, 0.4) is 0 Å². The van der Waals surface area contributed by atoms with Gasteiger partial charge in [-0.25, -0.2) is 0 Å². The van der Waals surface area contributed by atoms with Gasteiger partial charge in [0.05, 0.1) is 0 Å². The fraction of sp³-hybridized carbons (Fsp3) is 0.385. The van der Waals surface area contributed by atoms with Crippen LogP contribution in [0.1, 0.15) is 31.7 Å². The summed E-state index contributed by atoms with van der Waals surface area (Å²) < 4.78 is 4.79. The monoisotopic (exact) mass is 302 g/mol. The third kappa shape index (κ3) is 4.71. The van der Waals surface area contributed by atoms with Gasteiger partial charge in [-0.3, -0.25) is 0 Å². The molecule has 0 aliphatic rings. The Bertz CT molecular complexity index is 313. The van der Waals surface area contributed by atoms with Gasteiger partial charge in [0.15, 0.2) is 0 Å². The standard InChI is InChI=1S/C13H16Te/c1-3-4-5-6-11-14-13-9-7-12(2)8-10-13/h7-10H,3-5H2,1-2H3. The van der Waals surface area contributed by atoms with Crippen molar-refractivity contribution in [2.24, 2.45) is 0 Å². The first-order valence-electron chi connectivity index (χ1n) is 5.04. The molecule has 0 aliphatic heterocycles. The third-order valence-electron chi connectivity index (χ3n) is 1.92. The van der Waals surface area contributed by atoms with Gasteiger partial charge in [0.1, 0.15) is 0 Å². The molecule has 14 heavy (non-hydrogen) atoms. The van der Waals surface area contributed by atoms with Gasteiger partial charge in [0, 0.05) is 0 Å². The number of rotatable bonds is 3. The molecule has 0 saturated heterocycles. The van der Waals surface area contributed by atoms with E-state index < -0.39 is 0 Å². The van der Waals surface area contributed by atoms with Gasteiger partial charge < -0.3 is 0 Å². The van der Waals surface area contributed by atoms with E-state index in [0.717, 1.165) is 6.42 Å². The van der Waals surface area contributed by atoms with Gasteiger partial charge in [-0.15, -0.1) is 0 Å². The Morgan fingerprint density at radius 3 is 2.57 bits per heavy atom. The van der Waals surface area contributed by atoms with Crippen LogP contribution < -0.4 is 3.61 Å². The van der Waals surface area contributed by atoms with E-state index in [2.05, 4.69) is 48.0 Å². The van der Waals surface area contributed by atoms with Crippen molar-refractivity contribution in [3.05, 3.63) is 29.8 Å². The van der Waals surface area contributed by atoms with Gasteiger partial charge >= 0.3 is 97.4 Å². The summed E-state index contributed by atoms with van der Waals surface area (Å²) in [6.45, 7) is 4.33. The van der Waals surface area contributed by atoms with Crippen LogP contribution in [-0.2, 0) is 0 Å². The molecule has 0 saturated carbocycles. The molecule has 0 unspecified atom stereocenters. The number of unbranched alkanes of at least 4 members (excludes halogenated alkanes) is 2. The van der Waals surface area contributed by atoms with Crippen LogP contribution in [0, 0.1) is 16.8 Å². The van der Waals surface area contributed by atoms with Crippen LogP contribution in [0.4, 0.5) is 0 Å². The number of hydrogen-bond acceptors (Lipinski definition) is 0. The second-order valence-corrected chi connectivity index (χ2v) is 5.81. The molecular formula is C13H16Te. The Morgan fingerprint density at radius 2 is 1.93 bits per heavy atom. The summed E-state index contributed by atoms with van der Waals surface area (Å²) in [6, 6.07) is 8.78. The molecule has 1 aromatic carbocycles. The molecule has 0 N–H and O–H groups in total. The zero-order chi connectivity index (χ0) is 10.2. The van der Waals surface area contributed by atoms with Gasteiger partial charge in [0.25, 0.3) is 0 Å². The Kier molecular flexibility index (Phi) is 5.77. The average Bonchev–Trinajstić information content (AvgIpc) is 2.21. The first-order chi connectivity index (χ1) is 6.83. The van der Waals surface area contributed by atoms with Crippen molar-refractivity contribution in [2.75, 3.05) is 0 Å². The Morgan fingerprint density at radius 1 is 1.21 bits per heavy atom. The SMILES string of the molecule is CCCCC#C[Te]c1ccc(C)cc1. The predicted molar refractivity (Wildman–Crippen MR) is 63.9 cm³/mol. The van der Waals surface area contributed by atoms with Gasteiger partial charge in [-0.1, -0.05) is 0 Å². The molecule has 1 rings (SSSR count). The summed E-state index contributed by atoms with van der Waals surface area (Å²) >= 11 is -0.239. The van der Waals surface area contributed by atoms with Crippen molar-refractivity contribution in [2.45, 2.75) is 33.1 Å². The minimum absolute atomic E-state index is 0.239. The Balaban J connectivity index is 2.36. The Hall–Kier alpha value is -0.430. The summed E-state index contributed by atoms with van der Waals surface area (Å²) in [5.41, 5.74) is 1.33. The average molecular weight is 300 g/mol. The van der Waals surface area contributed by atoms with E-state index in [4.69, 9.17) is 0 Å². The molecule has 0 nitrogen and oxygen atoms in total. The van der Waals surface area contributed by atoms with Crippen molar-refractivity contribution in [3.63, 3.8) is 0 Å². The zero-order valence-electron chi connectivity index (χ0n) is 8.84. The molecular weight excluding hydrogens is 284 g/mol. The van der Waals surface area contributed by atoms with Gasteiger partial charge in [-0.2, -0.15) is 0 Å². The molecule has 0 aromatic heterocycles. The molecule has 0 radical (unpaired) electrons. The number of hydrogen-bond donors (Lipinski definition) is 0. The minimum atomic E-state index is -0.239. The summed E-state index contributed by atoms with van der Waals surface area (Å²) in [5, 5.41) is 0.